The Bertz CT molecular complexity index is 560. The maximum absolute atomic E-state index is 12.1. The second-order valence-electron chi connectivity index (χ2n) is 5.24. The molecule has 7 nitrogen and oxygen atoms in total. The molecule has 0 radical (unpaired) electrons. The third-order valence-electron chi connectivity index (χ3n) is 3.68. The molecule has 1 aromatic rings. The number of piperidine rings is 1. The van der Waals surface area contributed by atoms with Crippen LogP contribution >= 0.6 is 0 Å². The van der Waals surface area contributed by atoms with E-state index in [0.29, 0.717) is 13.0 Å². The molecule has 1 heterocycles. The van der Waals surface area contributed by atoms with Gasteiger partial charge in [-0.2, -0.15) is 0 Å². The standard InChI is InChI=1S/C14H18N2O5/c1-8-4-5-16(7-12(8)18)14(21)15-11-3-2-9(17)6-10(11)13(19)20/h2-3,6,8,12,17-18H,4-5,7H2,1H3,(H,15,21)(H,19,20). The molecule has 0 aliphatic carbocycles. The van der Waals surface area contributed by atoms with Crippen LogP contribution in [-0.2, 0) is 0 Å². The number of aliphatic hydroxyl groups excluding tert-OH is 1. The van der Waals surface area contributed by atoms with Gasteiger partial charge in [-0.05, 0) is 30.5 Å². The van der Waals surface area contributed by atoms with E-state index in [1.165, 1.54) is 17.0 Å². The zero-order valence-corrected chi connectivity index (χ0v) is 11.6. The molecule has 0 spiro atoms. The minimum atomic E-state index is -1.24. The minimum Gasteiger partial charge on any atom is -0.508 e. The summed E-state index contributed by atoms with van der Waals surface area (Å²) in [5.41, 5.74) is -0.0762. The van der Waals surface area contributed by atoms with E-state index in [2.05, 4.69) is 5.32 Å². The zero-order chi connectivity index (χ0) is 15.6. The SMILES string of the molecule is CC1CCN(C(=O)Nc2ccc(O)cc2C(=O)O)CC1O. The van der Waals surface area contributed by atoms with Gasteiger partial charge in [0.2, 0.25) is 0 Å². The number of likely N-dealkylation sites (tertiary alicyclic amines) is 1. The molecule has 1 aliphatic rings. The first-order valence-electron chi connectivity index (χ1n) is 6.68. The number of hydrogen-bond acceptors (Lipinski definition) is 4. The van der Waals surface area contributed by atoms with E-state index in [1.54, 1.807) is 0 Å². The first-order valence-corrected chi connectivity index (χ1v) is 6.68. The van der Waals surface area contributed by atoms with Crippen LogP contribution in [0.5, 0.6) is 5.75 Å². The van der Waals surface area contributed by atoms with Crippen molar-refractivity contribution < 1.29 is 24.9 Å². The lowest BCUT2D eigenvalue weighted by Crippen LogP contribution is -2.47. The van der Waals surface area contributed by atoms with Crippen LogP contribution in [-0.4, -0.2) is 51.4 Å². The summed E-state index contributed by atoms with van der Waals surface area (Å²) >= 11 is 0. The van der Waals surface area contributed by atoms with E-state index in [1.807, 2.05) is 6.92 Å². The van der Waals surface area contributed by atoms with Crippen LogP contribution in [0.3, 0.4) is 0 Å². The molecule has 7 heteroatoms. The zero-order valence-electron chi connectivity index (χ0n) is 11.6. The van der Waals surface area contributed by atoms with Gasteiger partial charge in [0.05, 0.1) is 17.4 Å². The van der Waals surface area contributed by atoms with Gasteiger partial charge in [-0.3, -0.25) is 0 Å². The Hall–Kier alpha value is -2.28. The molecule has 2 atom stereocenters. The van der Waals surface area contributed by atoms with Crippen LogP contribution in [0, 0.1) is 5.92 Å². The van der Waals surface area contributed by atoms with Crippen LogP contribution in [0.25, 0.3) is 0 Å². The largest absolute Gasteiger partial charge is 0.508 e. The number of rotatable bonds is 2. The monoisotopic (exact) mass is 294 g/mol. The number of β-amino-alcohol motifs (C(OH)–C–C–N with tert-alkyl or cyclic N) is 1. The highest BCUT2D eigenvalue weighted by molar-refractivity contribution is 6.00. The maximum atomic E-state index is 12.1. The van der Waals surface area contributed by atoms with Crippen molar-refractivity contribution in [2.24, 2.45) is 5.92 Å². The number of carbonyl (C=O) groups excluding carboxylic acids is 1. The number of anilines is 1. The van der Waals surface area contributed by atoms with Crippen molar-refractivity contribution in [3.8, 4) is 5.75 Å². The van der Waals surface area contributed by atoms with Gasteiger partial charge >= 0.3 is 12.0 Å². The van der Waals surface area contributed by atoms with Crippen molar-refractivity contribution in [1.29, 1.82) is 0 Å². The second-order valence-corrected chi connectivity index (χ2v) is 5.24. The van der Waals surface area contributed by atoms with Crippen molar-refractivity contribution in [3.05, 3.63) is 23.8 Å². The molecule has 2 unspecified atom stereocenters. The summed E-state index contributed by atoms with van der Waals surface area (Å²) < 4.78 is 0. The molecule has 4 N–H and O–H groups in total. The quantitative estimate of drug-likeness (QED) is 0.615. The number of carbonyl (C=O) groups is 2. The number of hydrogen-bond donors (Lipinski definition) is 4. The van der Waals surface area contributed by atoms with Gasteiger partial charge in [-0.25, -0.2) is 9.59 Å². The van der Waals surface area contributed by atoms with Crippen molar-refractivity contribution in [3.63, 3.8) is 0 Å². The van der Waals surface area contributed by atoms with E-state index < -0.39 is 18.1 Å². The van der Waals surface area contributed by atoms with Crippen LogP contribution in [0.1, 0.15) is 23.7 Å². The predicted molar refractivity (Wildman–Crippen MR) is 75.4 cm³/mol. The van der Waals surface area contributed by atoms with Crippen LogP contribution in [0.2, 0.25) is 0 Å². The van der Waals surface area contributed by atoms with Crippen molar-refractivity contribution >= 4 is 17.7 Å². The number of amides is 2. The summed E-state index contributed by atoms with van der Waals surface area (Å²) in [6, 6.07) is 3.24. The first-order chi connectivity index (χ1) is 9.88. The highest BCUT2D eigenvalue weighted by Gasteiger charge is 2.27. The van der Waals surface area contributed by atoms with Gasteiger partial charge in [-0.15, -0.1) is 0 Å². The molecule has 1 aliphatic heterocycles. The van der Waals surface area contributed by atoms with E-state index in [-0.39, 0.29) is 29.5 Å². The first kappa shape index (κ1) is 15.1. The fourth-order valence-corrected chi connectivity index (χ4v) is 2.25. The summed E-state index contributed by atoms with van der Waals surface area (Å²) in [4.78, 5) is 24.7. The summed E-state index contributed by atoms with van der Waals surface area (Å²) in [6.07, 6.45) is 0.110. The number of nitrogens with zero attached hydrogens (tertiary/aromatic N) is 1. The molecular formula is C14H18N2O5. The Labute approximate surface area is 121 Å². The molecule has 2 rings (SSSR count). The summed E-state index contributed by atoms with van der Waals surface area (Å²) in [6.45, 7) is 2.64. The van der Waals surface area contributed by atoms with Crippen LogP contribution < -0.4 is 5.32 Å². The van der Waals surface area contributed by atoms with E-state index >= 15 is 0 Å². The number of benzene rings is 1. The van der Waals surface area contributed by atoms with Gasteiger partial charge in [0.1, 0.15) is 5.75 Å². The average Bonchev–Trinajstić information content (AvgIpc) is 2.43. The third-order valence-corrected chi connectivity index (χ3v) is 3.68. The lowest BCUT2D eigenvalue weighted by Gasteiger charge is -2.34. The Balaban J connectivity index is 2.11. The number of aromatic carboxylic acids is 1. The second kappa shape index (κ2) is 6.01. The Morgan fingerprint density at radius 1 is 1.38 bits per heavy atom. The van der Waals surface area contributed by atoms with Crippen molar-refractivity contribution in [1.82, 2.24) is 4.90 Å². The Morgan fingerprint density at radius 3 is 2.71 bits per heavy atom. The number of phenols is 1. The summed E-state index contributed by atoms with van der Waals surface area (Å²) in [5.74, 6) is -1.29. The minimum absolute atomic E-state index is 0.110. The number of nitrogens with one attached hydrogen (secondary N) is 1. The molecule has 1 aromatic carbocycles. The molecule has 0 bridgehead atoms. The van der Waals surface area contributed by atoms with Crippen molar-refractivity contribution in [2.45, 2.75) is 19.4 Å². The highest BCUT2D eigenvalue weighted by Crippen LogP contribution is 2.23. The summed E-state index contributed by atoms with van der Waals surface area (Å²) in [5, 5.41) is 30.7. The predicted octanol–water partition coefficient (Wildman–Crippen LogP) is 1.32. The van der Waals surface area contributed by atoms with Crippen LogP contribution in [0.4, 0.5) is 10.5 Å². The fraction of sp³-hybridized carbons (Fsp3) is 0.429. The van der Waals surface area contributed by atoms with Crippen LogP contribution in [0.15, 0.2) is 18.2 Å². The fourth-order valence-electron chi connectivity index (χ4n) is 2.25. The van der Waals surface area contributed by atoms with Gasteiger partial charge in [0.15, 0.2) is 0 Å². The maximum Gasteiger partial charge on any atom is 0.337 e. The van der Waals surface area contributed by atoms with E-state index in [0.717, 1.165) is 6.07 Å². The topological polar surface area (TPSA) is 110 Å². The Kier molecular flexibility index (Phi) is 4.32. The van der Waals surface area contributed by atoms with E-state index in [4.69, 9.17) is 5.11 Å². The third kappa shape index (κ3) is 3.43. The molecule has 1 fully saturated rings. The lowest BCUT2D eigenvalue weighted by atomic mass is 9.96. The van der Waals surface area contributed by atoms with Gasteiger partial charge in [0, 0.05) is 13.1 Å². The number of phenolic OH excluding ortho intramolecular Hbond substituents is 1. The molecular weight excluding hydrogens is 276 g/mol. The molecule has 114 valence electrons. The Morgan fingerprint density at radius 2 is 2.10 bits per heavy atom. The number of urea groups is 1. The van der Waals surface area contributed by atoms with Gasteiger partial charge in [-0.1, -0.05) is 6.92 Å². The molecule has 0 saturated carbocycles. The van der Waals surface area contributed by atoms with Gasteiger partial charge < -0.3 is 25.5 Å². The number of carboxylic acid groups (broad SMARTS) is 1. The number of aromatic hydroxyl groups is 1. The summed E-state index contributed by atoms with van der Waals surface area (Å²) in [7, 11) is 0. The average molecular weight is 294 g/mol. The molecule has 21 heavy (non-hydrogen) atoms. The normalized spacial score (nSPS) is 21.9. The lowest BCUT2D eigenvalue weighted by molar-refractivity contribution is 0.0463. The highest BCUT2D eigenvalue weighted by atomic mass is 16.4. The van der Waals surface area contributed by atoms with Crippen molar-refractivity contribution in [2.75, 3.05) is 18.4 Å². The molecule has 0 aromatic heterocycles. The van der Waals surface area contributed by atoms with E-state index in [9.17, 15) is 19.8 Å². The van der Waals surface area contributed by atoms with Gasteiger partial charge in [0.25, 0.3) is 0 Å². The molecule has 2 amide bonds. The molecule has 1 saturated heterocycles. The smallest absolute Gasteiger partial charge is 0.337 e. The number of aliphatic hydroxyl groups is 1. The number of carboxylic acids is 1.